The lowest BCUT2D eigenvalue weighted by molar-refractivity contribution is 0.0398. The summed E-state index contributed by atoms with van der Waals surface area (Å²) < 4.78 is 11.4. The molecule has 6 nitrogen and oxygen atoms in total. The SMILES string of the molecule is c1ccc([C@@H]2CN(Cc3ccc(-c4ccc(NCCN5CCOCC5)nc4)cc3)CO2)cc1. The minimum atomic E-state index is 0.164. The van der Waals surface area contributed by atoms with Crippen molar-refractivity contribution in [3.05, 3.63) is 84.1 Å². The van der Waals surface area contributed by atoms with Crippen molar-refractivity contribution in [2.45, 2.75) is 12.6 Å². The highest BCUT2D eigenvalue weighted by atomic mass is 16.5. The second-order valence-electron chi connectivity index (χ2n) is 8.72. The molecule has 2 aliphatic rings. The van der Waals surface area contributed by atoms with Gasteiger partial charge in [0.2, 0.25) is 0 Å². The molecule has 0 radical (unpaired) electrons. The molecule has 0 saturated carbocycles. The Morgan fingerprint density at radius 1 is 0.879 bits per heavy atom. The van der Waals surface area contributed by atoms with E-state index in [1.54, 1.807) is 0 Å². The minimum absolute atomic E-state index is 0.164. The van der Waals surface area contributed by atoms with Gasteiger partial charge in [-0.25, -0.2) is 4.98 Å². The molecule has 0 aliphatic carbocycles. The van der Waals surface area contributed by atoms with E-state index in [4.69, 9.17) is 9.47 Å². The van der Waals surface area contributed by atoms with Gasteiger partial charge in [-0.15, -0.1) is 0 Å². The van der Waals surface area contributed by atoms with Crippen molar-refractivity contribution in [3.63, 3.8) is 0 Å². The number of morpholine rings is 1. The number of aromatic nitrogens is 1. The third kappa shape index (κ3) is 5.97. The van der Waals surface area contributed by atoms with Gasteiger partial charge < -0.3 is 14.8 Å². The van der Waals surface area contributed by atoms with Gasteiger partial charge in [0.15, 0.2) is 0 Å². The number of rotatable bonds is 8. The summed E-state index contributed by atoms with van der Waals surface area (Å²) in [5.41, 5.74) is 4.87. The molecule has 0 spiro atoms. The highest BCUT2D eigenvalue weighted by Crippen LogP contribution is 2.26. The Bertz CT molecular complexity index is 989. The molecule has 3 heterocycles. The van der Waals surface area contributed by atoms with Crippen LogP contribution in [-0.2, 0) is 16.0 Å². The molecule has 1 aromatic heterocycles. The van der Waals surface area contributed by atoms with Crippen molar-refractivity contribution in [1.29, 1.82) is 0 Å². The lowest BCUT2D eigenvalue weighted by Crippen LogP contribution is -2.39. The van der Waals surface area contributed by atoms with Crippen molar-refractivity contribution in [2.75, 3.05) is 58.0 Å². The van der Waals surface area contributed by atoms with E-state index in [9.17, 15) is 0 Å². The summed E-state index contributed by atoms with van der Waals surface area (Å²) in [6, 6.07) is 23.5. The molecule has 3 aromatic rings. The van der Waals surface area contributed by atoms with Gasteiger partial charge >= 0.3 is 0 Å². The molecule has 2 aromatic carbocycles. The molecule has 2 saturated heterocycles. The zero-order chi connectivity index (χ0) is 22.3. The number of ether oxygens (including phenoxy) is 2. The normalized spacial score (nSPS) is 19.6. The first-order valence-electron chi connectivity index (χ1n) is 11.8. The maximum Gasteiger partial charge on any atom is 0.125 e. The molecule has 5 rings (SSSR count). The predicted molar refractivity (Wildman–Crippen MR) is 131 cm³/mol. The van der Waals surface area contributed by atoms with Gasteiger partial charge in [-0.05, 0) is 28.8 Å². The summed E-state index contributed by atoms with van der Waals surface area (Å²) in [5.74, 6) is 0.922. The van der Waals surface area contributed by atoms with Crippen LogP contribution in [0, 0.1) is 0 Å². The van der Waals surface area contributed by atoms with Crippen LogP contribution in [0.4, 0.5) is 5.82 Å². The van der Waals surface area contributed by atoms with E-state index in [2.05, 4.69) is 80.8 Å². The minimum Gasteiger partial charge on any atom is -0.379 e. The number of nitrogens with one attached hydrogen (secondary N) is 1. The summed E-state index contributed by atoms with van der Waals surface area (Å²) in [5, 5.41) is 3.42. The van der Waals surface area contributed by atoms with Crippen LogP contribution in [0.15, 0.2) is 72.9 Å². The van der Waals surface area contributed by atoms with Gasteiger partial charge in [-0.3, -0.25) is 9.80 Å². The second kappa shape index (κ2) is 10.9. The number of hydrogen-bond acceptors (Lipinski definition) is 6. The number of anilines is 1. The smallest absolute Gasteiger partial charge is 0.125 e. The molecule has 0 amide bonds. The maximum atomic E-state index is 5.99. The van der Waals surface area contributed by atoms with Crippen LogP contribution in [0.25, 0.3) is 11.1 Å². The molecule has 2 fully saturated rings. The lowest BCUT2D eigenvalue weighted by Gasteiger charge is -2.26. The number of nitrogens with zero attached hydrogens (tertiary/aromatic N) is 3. The first-order valence-corrected chi connectivity index (χ1v) is 11.8. The number of benzene rings is 2. The number of hydrogen-bond donors (Lipinski definition) is 1. The van der Waals surface area contributed by atoms with Crippen molar-refractivity contribution >= 4 is 5.82 Å². The van der Waals surface area contributed by atoms with Crippen molar-refractivity contribution in [1.82, 2.24) is 14.8 Å². The van der Waals surface area contributed by atoms with E-state index in [0.717, 1.165) is 63.9 Å². The molecule has 0 unspecified atom stereocenters. The summed E-state index contributed by atoms with van der Waals surface area (Å²) in [6.07, 6.45) is 2.11. The first kappa shape index (κ1) is 22.0. The van der Waals surface area contributed by atoms with Crippen LogP contribution < -0.4 is 5.32 Å². The Kier molecular flexibility index (Phi) is 7.28. The van der Waals surface area contributed by atoms with Gasteiger partial charge in [0, 0.05) is 51.0 Å². The van der Waals surface area contributed by atoms with Crippen LogP contribution in [-0.4, -0.2) is 67.5 Å². The summed E-state index contributed by atoms with van der Waals surface area (Å²) >= 11 is 0. The molecule has 33 heavy (non-hydrogen) atoms. The highest BCUT2D eigenvalue weighted by Gasteiger charge is 2.24. The van der Waals surface area contributed by atoms with Gasteiger partial charge in [0.1, 0.15) is 12.5 Å². The van der Waals surface area contributed by atoms with Crippen molar-refractivity contribution < 1.29 is 9.47 Å². The monoisotopic (exact) mass is 444 g/mol. The van der Waals surface area contributed by atoms with Gasteiger partial charge in [0.05, 0.1) is 19.3 Å². The Morgan fingerprint density at radius 3 is 2.42 bits per heavy atom. The van der Waals surface area contributed by atoms with E-state index in [1.165, 1.54) is 16.7 Å². The molecule has 2 aliphatic heterocycles. The third-order valence-corrected chi connectivity index (χ3v) is 6.35. The van der Waals surface area contributed by atoms with Gasteiger partial charge in [-0.1, -0.05) is 54.6 Å². The van der Waals surface area contributed by atoms with Crippen LogP contribution in [0.1, 0.15) is 17.2 Å². The summed E-state index contributed by atoms with van der Waals surface area (Å²) in [7, 11) is 0. The first-order chi connectivity index (χ1) is 16.3. The molecule has 0 bridgehead atoms. The van der Waals surface area contributed by atoms with Crippen LogP contribution in [0.3, 0.4) is 0 Å². The Hall–Kier alpha value is -2.77. The molecular weight excluding hydrogens is 412 g/mol. The van der Waals surface area contributed by atoms with Crippen LogP contribution >= 0.6 is 0 Å². The zero-order valence-electron chi connectivity index (χ0n) is 19.0. The van der Waals surface area contributed by atoms with Gasteiger partial charge in [0.25, 0.3) is 0 Å². The fraction of sp³-hybridized carbons (Fsp3) is 0.370. The number of pyridine rings is 1. The molecule has 6 heteroatoms. The third-order valence-electron chi connectivity index (χ3n) is 6.35. The van der Waals surface area contributed by atoms with Crippen LogP contribution in [0.5, 0.6) is 0 Å². The average molecular weight is 445 g/mol. The van der Waals surface area contributed by atoms with E-state index in [0.29, 0.717) is 6.73 Å². The van der Waals surface area contributed by atoms with E-state index in [1.807, 2.05) is 12.3 Å². The maximum absolute atomic E-state index is 5.99. The Labute approximate surface area is 196 Å². The van der Waals surface area contributed by atoms with E-state index in [-0.39, 0.29) is 6.10 Å². The van der Waals surface area contributed by atoms with Crippen LogP contribution in [0.2, 0.25) is 0 Å². The lowest BCUT2D eigenvalue weighted by atomic mass is 10.1. The summed E-state index contributed by atoms with van der Waals surface area (Å²) in [4.78, 5) is 9.37. The summed E-state index contributed by atoms with van der Waals surface area (Å²) in [6.45, 7) is 8.12. The van der Waals surface area contributed by atoms with Gasteiger partial charge in [-0.2, -0.15) is 0 Å². The predicted octanol–water partition coefficient (Wildman–Crippen LogP) is 4.02. The Balaban J connectivity index is 1.10. The molecular formula is C27H32N4O2. The topological polar surface area (TPSA) is 49.9 Å². The molecule has 1 N–H and O–H groups in total. The zero-order valence-corrected chi connectivity index (χ0v) is 19.0. The standard InChI is InChI=1S/C27H32N4O2/c1-2-4-24(5-3-1)26-20-31(21-33-26)19-22-6-8-23(9-7-22)25-10-11-27(29-18-25)28-12-13-30-14-16-32-17-15-30/h1-11,18,26H,12-17,19-21H2,(H,28,29)/t26-/m0/s1. The Morgan fingerprint density at radius 2 is 1.67 bits per heavy atom. The molecule has 1 atom stereocenters. The highest BCUT2D eigenvalue weighted by molar-refractivity contribution is 5.64. The average Bonchev–Trinajstić information content (AvgIpc) is 3.35. The molecule has 172 valence electrons. The quantitative estimate of drug-likeness (QED) is 0.566. The fourth-order valence-electron chi connectivity index (χ4n) is 4.41. The van der Waals surface area contributed by atoms with E-state index >= 15 is 0 Å². The van der Waals surface area contributed by atoms with Crippen molar-refractivity contribution in [2.24, 2.45) is 0 Å². The van der Waals surface area contributed by atoms with Crippen molar-refractivity contribution in [3.8, 4) is 11.1 Å². The largest absolute Gasteiger partial charge is 0.379 e. The fourth-order valence-corrected chi connectivity index (χ4v) is 4.41. The second-order valence-corrected chi connectivity index (χ2v) is 8.72. The van der Waals surface area contributed by atoms with E-state index < -0.39 is 0 Å².